The Balaban J connectivity index is 5.58. The van der Waals surface area contributed by atoms with Crippen molar-refractivity contribution in [1.82, 2.24) is 10.2 Å². The van der Waals surface area contributed by atoms with Crippen molar-refractivity contribution in [1.29, 1.82) is 0 Å². The summed E-state index contributed by atoms with van der Waals surface area (Å²) in [7, 11) is 0. The number of nitrogens with two attached hydrogens (primary N) is 1. The average molecular weight is 390 g/mol. The van der Waals surface area contributed by atoms with E-state index in [-0.39, 0.29) is 44.0 Å². The monoisotopic (exact) mass is 389 g/mol. The molecule has 2 atom stereocenters. The Morgan fingerprint density at radius 1 is 1.27 bits per heavy atom. The summed E-state index contributed by atoms with van der Waals surface area (Å²) < 4.78 is 0. The van der Waals surface area contributed by atoms with E-state index in [4.69, 9.17) is 5.73 Å². The van der Waals surface area contributed by atoms with Crippen molar-refractivity contribution in [2.45, 2.75) is 64.7 Å². The smallest absolute Gasteiger partial charge is 0.345 e. The molecule has 0 spiro atoms. The number of aliphatic hydroxyl groups is 1. The molecule has 7 nitrogen and oxygen atoms in total. The molecule has 0 aromatic rings. The number of carboxylic acids is 1. The van der Waals surface area contributed by atoms with Crippen LogP contribution in [0, 0.1) is 5.92 Å². The maximum absolute atomic E-state index is 12.8. The van der Waals surface area contributed by atoms with Crippen LogP contribution in [-0.4, -0.2) is 63.6 Å². The highest BCUT2D eigenvalue weighted by Crippen LogP contribution is 2.22. The number of carbonyl (C=O) groups is 2. The van der Waals surface area contributed by atoms with Crippen LogP contribution in [0.2, 0.25) is 0 Å². The van der Waals surface area contributed by atoms with Gasteiger partial charge < -0.3 is 20.8 Å². The average Bonchev–Trinajstić information content (AvgIpc) is 2.55. The van der Waals surface area contributed by atoms with E-state index in [2.05, 4.69) is 31.8 Å². The van der Waals surface area contributed by atoms with Gasteiger partial charge in [-0.05, 0) is 26.2 Å². The first-order valence-corrected chi connectivity index (χ1v) is 9.68. The molecular weight excluding hydrogens is 354 g/mol. The largest absolute Gasteiger partial charge is 0.478 e. The van der Waals surface area contributed by atoms with Crippen molar-refractivity contribution in [3.05, 3.63) is 12.2 Å². The number of hydrogen-bond acceptors (Lipinski definition) is 6. The summed E-state index contributed by atoms with van der Waals surface area (Å²) in [4.78, 5) is 26.3. The molecular formula is C18H35N3O4S. The first-order valence-electron chi connectivity index (χ1n) is 9.05. The minimum atomic E-state index is -1.72. The van der Waals surface area contributed by atoms with Crippen molar-refractivity contribution in [2.75, 3.05) is 18.9 Å². The van der Waals surface area contributed by atoms with Crippen molar-refractivity contribution >= 4 is 24.5 Å². The van der Waals surface area contributed by atoms with E-state index in [9.17, 15) is 19.8 Å². The van der Waals surface area contributed by atoms with Gasteiger partial charge in [0.15, 0.2) is 5.66 Å². The second-order valence-electron chi connectivity index (χ2n) is 7.13. The fourth-order valence-electron chi connectivity index (χ4n) is 2.70. The molecule has 0 saturated carbocycles. The number of nitrogens with one attached hydrogen (secondary N) is 1. The third-order valence-corrected chi connectivity index (χ3v) is 4.45. The summed E-state index contributed by atoms with van der Waals surface area (Å²) >= 11 is 4.10. The van der Waals surface area contributed by atoms with E-state index in [1.54, 1.807) is 19.9 Å². The number of aliphatic hydroxyl groups excluding tert-OH is 1. The standard InChI is InChI=1S/C18H35N3O4S/c1-13(2)7-5-6-8-16(23)21(14(3)4)18(9-10-22,17(24)25)20-11-15(19)12-26/h5-6,13-15,20,22,26H,7-12,19H2,1-4H3,(H,24,25)/b6-5+/t15-,18+/m1/s1. The predicted molar refractivity (Wildman–Crippen MR) is 107 cm³/mol. The van der Waals surface area contributed by atoms with Crippen LogP contribution in [0.3, 0.4) is 0 Å². The lowest BCUT2D eigenvalue weighted by molar-refractivity contribution is -0.166. The molecule has 0 radical (unpaired) electrons. The van der Waals surface area contributed by atoms with Crippen LogP contribution < -0.4 is 11.1 Å². The number of carbonyl (C=O) groups excluding carboxylic acids is 1. The quantitative estimate of drug-likeness (QED) is 0.184. The van der Waals surface area contributed by atoms with Gasteiger partial charge >= 0.3 is 5.97 Å². The molecule has 0 unspecified atom stereocenters. The van der Waals surface area contributed by atoms with E-state index in [0.717, 1.165) is 6.42 Å². The molecule has 1 amide bonds. The Kier molecular flexibility index (Phi) is 11.8. The fraction of sp³-hybridized carbons (Fsp3) is 0.778. The van der Waals surface area contributed by atoms with Crippen molar-refractivity contribution in [3.8, 4) is 0 Å². The van der Waals surface area contributed by atoms with Gasteiger partial charge in [-0.3, -0.25) is 10.1 Å². The van der Waals surface area contributed by atoms with E-state index in [1.807, 2.05) is 6.08 Å². The van der Waals surface area contributed by atoms with E-state index < -0.39 is 11.6 Å². The molecule has 26 heavy (non-hydrogen) atoms. The summed E-state index contributed by atoms with van der Waals surface area (Å²) in [5.41, 5.74) is 4.13. The van der Waals surface area contributed by atoms with Crippen LogP contribution in [0.25, 0.3) is 0 Å². The van der Waals surface area contributed by atoms with Gasteiger partial charge in [0.05, 0.1) is 0 Å². The van der Waals surface area contributed by atoms with E-state index in [1.165, 1.54) is 4.90 Å². The third-order valence-electron chi connectivity index (χ3n) is 3.98. The second-order valence-corrected chi connectivity index (χ2v) is 7.49. The summed E-state index contributed by atoms with van der Waals surface area (Å²) in [5, 5.41) is 22.3. The lowest BCUT2D eigenvalue weighted by atomic mass is 10.00. The molecule has 0 bridgehead atoms. The lowest BCUT2D eigenvalue weighted by Gasteiger charge is -2.44. The highest BCUT2D eigenvalue weighted by molar-refractivity contribution is 7.80. The van der Waals surface area contributed by atoms with Gasteiger partial charge in [0, 0.05) is 43.8 Å². The Labute approximate surface area is 162 Å². The molecule has 5 N–H and O–H groups in total. The van der Waals surface area contributed by atoms with Crippen LogP contribution in [0.1, 0.15) is 47.0 Å². The van der Waals surface area contributed by atoms with E-state index in [0.29, 0.717) is 11.7 Å². The molecule has 0 aliphatic carbocycles. The lowest BCUT2D eigenvalue weighted by Crippen LogP contribution is -2.69. The molecule has 0 aliphatic heterocycles. The zero-order chi connectivity index (χ0) is 20.3. The first kappa shape index (κ1) is 24.9. The highest BCUT2D eigenvalue weighted by Gasteiger charge is 2.47. The Hall–Kier alpha value is -1.09. The summed E-state index contributed by atoms with van der Waals surface area (Å²) in [6.45, 7) is 7.45. The number of thiol groups is 1. The second kappa shape index (κ2) is 12.3. The van der Waals surface area contributed by atoms with Crippen molar-refractivity contribution in [2.24, 2.45) is 11.7 Å². The van der Waals surface area contributed by atoms with Crippen molar-refractivity contribution < 1.29 is 19.8 Å². The molecule has 0 aliphatic rings. The topological polar surface area (TPSA) is 116 Å². The van der Waals surface area contributed by atoms with Gasteiger partial charge in [-0.15, -0.1) is 0 Å². The minimum Gasteiger partial charge on any atom is -0.478 e. The minimum absolute atomic E-state index is 0.103. The van der Waals surface area contributed by atoms with Crippen LogP contribution in [-0.2, 0) is 9.59 Å². The summed E-state index contributed by atoms with van der Waals surface area (Å²) in [6, 6.07) is -0.742. The fourth-order valence-corrected chi connectivity index (χ4v) is 2.83. The van der Waals surface area contributed by atoms with Crippen LogP contribution in [0.4, 0.5) is 0 Å². The Morgan fingerprint density at radius 3 is 2.31 bits per heavy atom. The summed E-state index contributed by atoms with van der Waals surface area (Å²) in [6.07, 6.45) is 4.51. The zero-order valence-corrected chi connectivity index (χ0v) is 17.2. The highest BCUT2D eigenvalue weighted by atomic mass is 32.1. The molecule has 152 valence electrons. The summed E-state index contributed by atoms with van der Waals surface area (Å²) in [5.74, 6) is -0.677. The molecule has 0 heterocycles. The van der Waals surface area contributed by atoms with Gasteiger partial charge in [0.25, 0.3) is 0 Å². The number of aliphatic carboxylic acids is 1. The SMILES string of the molecule is CC(C)C/C=C/CC(=O)N(C(C)C)[C@](CCO)(NC[C@@H](N)CS)C(=O)O. The van der Waals surface area contributed by atoms with Crippen LogP contribution in [0.5, 0.6) is 0 Å². The number of amides is 1. The molecule has 0 fully saturated rings. The maximum atomic E-state index is 12.8. The van der Waals surface area contributed by atoms with Gasteiger partial charge in [-0.2, -0.15) is 12.6 Å². The number of hydrogen-bond donors (Lipinski definition) is 5. The first-order chi connectivity index (χ1) is 12.1. The molecule has 0 aromatic heterocycles. The predicted octanol–water partition coefficient (Wildman–Crippen LogP) is 1.23. The Bertz CT molecular complexity index is 471. The number of nitrogens with zero attached hydrogens (tertiary/aromatic N) is 1. The van der Waals surface area contributed by atoms with Gasteiger partial charge in [-0.25, -0.2) is 4.79 Å². The van der Waals surface area contributed by atoms with Crippen molar-refractivity contribution in [3.63, 3.8) is 0 Å². The van der Waals surface area contributed by atoms with Gasteiger partial charge in [0.1, 0.15) is 0 Å². The molecule has 0 rings (SSSR count). The maximum Gasteiger partial charge on any atom is 0.345 e. The number of allylic oxidation sites excluding steroid dienone is 1. The molecule has 0 saturated heterocycles. The van der Waals surface area contributed by atoms with Crippen LogP contribution in [0.15, 0.2) is 12.2 Å². The van der Waals surface area contributed by atoms with Gasteiger partial charge in [0.2, 0.25) is 5.91 Å². The molecule has 0 aromatic carbocycles. The zero-order valence-electron chi connectivity index (χ0n) is 16.3. The molecule has 8 heteroatoms. The normalized spacial score (nSPS) is 15.4. The Morgan fingerprint density at radius 2 is 1.88 bits per heavy atom. The number of carboxylic acid groups (broad SMARTS) is 1. The van der Waals surface area contributed by atoms with Crippen LogP contribution >= 0.6 is 12.6 Å². The van der Waals surface area contributed by atoms with E-state index >= 15 is 0 Å². The van der Waals surface area contributed by atoms with Gasteiger partial charge in [-0.1, -0.05) is 26.0 Å². The third kappa shape index (κ3) is 7.65. The number of rotatable bonds is 13.